The van der Waals surface area contributed by atoms with Gasteiger partial charge < -0.3 is 5.73 Å². The molecule has 0 saturated carbocycles. The lowest BCUT2D eigenvalue weighted by atomic mass is 9.82. The second-order valence-corrected chi connectivity index (χ2v) is 5.33. The number of benzene rings is 1. The molecule has 2 rings (SSSR count). The number of fused-ring (bicyclic) bond motifs is 1. The molecule has 0 atom stereocenters. The first-order chi connectivity index (χ1) is 8.23. The average molecular weight is 232 g/mol. The van der Waals surface area contributed by atoms with Gasteiger partial charge in [0.1, 0.15) is 0 Å². The lowest BCUT2D eigenvalue weighted by Gasteiger charge is -2.34. The van der Waals surface area contributed by atoms with Crippen LogP contribution in [0.1, 0.15) is 37.8 Å². The molecule has 2 heteroatoms. The summed E-state index contributed by atoms with van der Waals surface area (Å²) >= 11 is 0. The summed E-state index contributed by atoms with van der Waals surface area (Å²) in [4.78, 5) is 2.55. The van der Waals surface area contributed by atoms with E-state index in [2.05, 4.69) is 43.0 Å². The number of hydrogen-bond donors (Lipinski definition) is 1. The lowest BCUT2D eigenvalue weighted by Crippen LogP contribution is -2.40. The maximum atomic E-state index is 5.99. The highest BCUT2D eigenvalue weighted by Gasteiger charge is 2.29. The Kier molecular flexibility index (Phi) is 3.85. The van der Waals surface area contributed by atoms with E-state index in [-0.39, 0.29) is 0 Å². The van der Waals surface area contributed by atoms with Gasteiger partial charge in [-0.3, -0.25) is 4.90 Å². The Hall–Kier alpha value is -0.860. The van der Waals surface area contributed by atoms with Crippen LogP contribution in [0.15, 0.2) is 24.3 Å². The van der Waals surface area contributed by atoms with Gasteiger partial charge in [0.15, 0.2) is 0 Å². The van der Waals surface area contributed by atoms with Crippen molar-refractivity contribution in [3.8, 4) is 0 Å². The summed E-state index contributed by atoms with van der Waals surface area (Å²) in [5, 5.41) is 0. The predicted octanol–water partition coefficient (Wildman–Crippen LogP) is 2.77. The molecular formula is C15H24N2. The fourth-order valence-electron chi connectivity index (χ4n) is 2.82. The first-order valence-electron chi connectivity index (χ1n) is 6.72. The van der Waals surface area contributed by atoms with E-state index in [1.807, 2.05) is 0 Å². The summed E-state index contributed by atoms with van der Waals surface area (Å²) < 4.78 is 0. The third-order valence-corrected chi connectivity index (χ3v) is 4.40. The van der Waals surface area contributed by atoms with Crippen molar-refractivity contribution in [2.45, 2.75) is 39.8 Å². The molecule has 1 aromatic carbocycles. The monoisotopic (exact) mass is 232 g/mol. The van der Waals surface area contributed by atoms with Gasteiger partial charge in [-0.25, -0.2) is 0 Å². The van der Waals surface area contributed by atoms with Crippen LogP contribution in [-0.2, 0) is 13.1 Å². The van der Waals surface area contributed by atoms with Crippen LogP contribution in [0.25, 0.3) is 0 Å². The van der Waals surface area contributed by atoms with Crippen molar-refractivity contribution in [1.29, 1.82) is 0 Å². The number of nitrogens with two attached hydrogens (primary N) is 1. The molecule has 94 valence electrons. The molecule has 1 heterocycles. The Labute approximate surface area is 105 Å². The van der Waals surface area contributed by atoms with Crippen molar-refractivity contribution in [2.75, 3.05) is 13.1 Å². The van der Waals surface area contributed by atoms with E-state index >= 15 is 0 Å². The van der Waals surface area contributed by atoms with Gasteiger partial charge in [-0.2, -0.15) is 0 Å². The normalized spacial score (nSPS) is 16.2. The van der Waals surface area contributed by atoms with Crippen LogP contribution in [0.5, 0.6) is 0 Å². The minimum atomic E-state index is 0.308. The second-order valence-electron chi connectivity index (χ2n) is 5.33. The van der Waals surface area contributed by atoms with E-state index in [1.54, 1.807) is 0 Å². The minimum absolute atomic E-state index is 0.308. The molecule has 0 aromatic heterocycles. The highest BCUT2D eigenvalue weighted by molar-refractivity contribution is 5.30. The fourth-order valence-corrected chi connectivity index (χ4v) is 2.82. The predicted molar refractivity (Wildman–Crippen MR) is 72.6 cm³/mol. The Balaban J connectivity index is 2.04. The lowest BCUT2D eigenvalue weighted by molar-refractivity contribution is 0.143. The SMILES string of the molecule is CCC(CC)(CN)CN1Cc2ccccc2C1. The second kappa shape index (κ2) is 5.19. The number of rotatable bonds is 5. The van der Waals surface area contributed by atoms with E-state index in [4.69, 9.17) is 5.73 Å². The van der Waals surface area contributed by atoms with Gasteiger partial charge >= 0.3 is 0 Å². The summed E-state index contributed by atoms with van der Waals surface area (Å²) in [6.07, 6.45) is 2.35. The van der Waals surface area contributed by atoms with E-state index < -0.39 is 0 Å². The van der Waals surface area contributed by atoms with Gasteiger partial charge in [-0.05, 0) is 35.9 Å². The molecule has 0 aliphatic carbocycles. The van der Waals surface area contributed by atoms with Gasteiger partial charge in [0.2, 0.25) is 0 Å². The van der Waals surface area contributed by atoms with Crippen molar-refractivity contribution in [2.24, 2.45) is 11.1 Å². The molecule has 0 fully saturated rings. The van der Waals surface area contributed by atoms with Crippen LogP contribution < -0.4 is 5.73 Å². The van der Waals surface area contributed by atoms with Gasteiger partial charge in [-0.15, -0.1) is 0 Å². The van der Waals surface area contributed by atoms with Gasteiger partial charge in [0.05, 0.1) is 0 Å². The zero-order chi connectivity index (χ0) is 12.3. The maximum absolute atomic E-state index is 5.99. The van der Waals surface area contributed by atoms with Crippen molar-refractivity contribution in [3.05, 3.63) is 35.4 Å². The minimum Gasteiger partial charge on any atom is -0.330 e. The molecule has 1 aromatic rings. The fraction of sp³-hybridized carbons (Fsp3) is 0.600. The van der Waals surface area contributed by atoms with Crippen LogP contribution in [0.2, 0.25) is 0 Å². The first-order valence-corrected chi connectivity index (χ1v) is 6.72. The molecule has 0 amide bonds. The van der Waals surface area contributed by atoms with Crippen LogP contribution >= 0.6 is 0 Å². The zero-order valence-electron chi connectivity index (χ0n) is 11.1. The third kappa shape index (κ3) is 2.53. The van der Waals surface area contributed by atoms with E-state index in [0.717, 1.165) is 26.2 Å². The first kappa shape index (κ1) is 12.6. The Morgan fingerprint density at radius 1 is 1.12 bits per heavy atom. The molecule has 0 saturated heterocycles. The van der Waals surface area contributed by atoms with Crippen LogP contribution in [0.3, 0.4) is 0 Å². The summed E-state index contributed by atoms with van der Waals surface area (Å²) in [7, 11) is 0. The largest absolute Gasteiger partial charge is 0.330 e. The molecule has 17 heavy (non-hydrogen) atoms. The molecule has 1 aliphatic heterocycles. The maximum Gasteiger partial charge on any atom is 0.0240 e. The van der Waals surface area contributed by atoms with Crippen LogP contribution in [0.4, 0.5) is 0 Å². The average Bonchev–Trinajstić information content (AvgIpc) is 2.78. The van der Waals surface area contributed by atoms with Crippen molar-refractivity contribution >= 4 is 0 Å². The smallest absolute Gasteiger partial charge is 0.0240 e. The Bertz CT molecular complexity index is 336. The number of nitrogens with zero attached hydrogens (tertiary/aromatic N) is 1. The van der Waals surface area contributed by atoms with Crippen LogP contribution in [0, 0.1) is 5.41 Å². The van der Waals surface area contributed by atoms with Crippen LogP contribution in [-0.4, -0.2) is 18.0 Å². The zero-order valence-corrected chi connectivity index (χ0v) is 11.1. The van der Waals surface area contributed by atoms with E-state index in [1.165, 1.54) is 24.0 Å². The van der Waals surface area contributed by atoms with Gasteiger partial charge in [0, 0.05) is 19.6 Å². The molecule has 0 radical (unpaired) electrons. The van der Waals surface area contributed by atoms with Crippen molar-refractivity contribution < 1.29 is 0 Å². The van der Waals surface area contributed by atoms with Crippen molar-refractivity contribution in [3.63, 3.8) is 0 Å². The molecule has 0 bridgehead atoms. The van der Waals surface area contributed by atoms with E-state index in [0.29, 0.717) is 5.41 Å². The third-order valence-electron chi connectivity index (χ3n) is 4.40. The molecule has 0 unspecified atom stereocenters. The highest BCUT2D eigenvalue weighted by atomic mass is 15.1. The summed E-state index contributed by atoms with van der Waals surface area (Å²) in [6, 6.07) is 8.77. The topological polar surface area (TPSA) is 29.3 Å². The molecule has 2 N–H and O–H groups in total. The Morgan fingerprint density at radius 2 is 1.65 bits per heavy atom. The quantitative estimate of drug-likeness (QED) is 0.846. The van der Waals surface area contributed by atoms with Gasteiger partial charge in [0.25, 0.3) is 0 Å². The van der Waals surface area contributed by atoms with Crippen molar-refractivity contribution in [1.82, 2.24) is 4.90 Å². The standard InChI is InChI=1S/C15H24N2/c1-3-15(4-2,11-16)12-17-9-13-7-5-6-8-14(13)10-17/h5-8H,3-4,9-12,16H2,1-2H3. The molecule has 2 nitrogen and oxygen atoms in total. The van der Waals surface area contributed by atoms with Gasteiger partial charge in [-0.1, -0.05) is 38.1 Å². The molecule has 0 spiro atoms. The molecular weight excluding hydrogens is 208 g/mol. The summed E-state index contributed by atoms with van der Waals surface area (Å²) in [6.45, 7) is 8.65. The molecule has 1 aliphatic rings. The Morgan fingerprint density at radius 3 is 2.06 bits per heavy atom. The highest BCUT2D eigenvalue weighted by Crippen LogP contribution is 2.30. The summed E-state index contributed by atoms with van der Waals surface area (Å²) in [5.74, 6) is 0. The summed E-state index contributed by atoms with van der Waals surface area (Å²) in [5.41, 5.74) is 9.28. The number of hydrogen-bond acceptors (Lipinski definition) is 2. The van der Waals surface area contributed by atoms with E-state index in [9.17, 15) is 0 Å².